The second-order valence-corrected chi connectivity index (χ2v) is 23.5. The van der Waals surface area contributed by atoms with Crippen LogP contribution >= 0.6 is 0 Å². The van der Waals surface area contributed by atoms with Crippen molar-refractivity contribution in [3.8, 4) is 11.1 Å². The maximum atomic E-state index is 14.3. The molecule has 0 bridgehead atoms. The highest BCUT2D eigenvalue weighted by Crippen LogP contribution is 2.28. The van der Waals surface area contributed by atoms with E-state index in [0.29, 0.717) is 38.6 Å². The van der Waals surface area contributed by atoms with Gasteiger partial charge in [0.2, 0.25) is 41.9 Å². The first-order chi connectivity index (χ1) is 39.7. The lowest BCUT2D eigenvalue weighted by Crippen LogP contribution is -2.60. The molecule has 1 fully saturated rings. The Bertz CT molecular complexity index is 2740. The van der Waals surface area contributed by atoms with Crippen molar-refractivity contribution < 1.29 is 53.0 Å². The van der Waals surface area contributed by atoms with Crippen LogP contribution in [0.5, 0.6) is 0 Å². The molecule has 5 rings (SSSR count). The molecule has 0 radical (unpaired) electrons. The number of benzene rings is 3. The average molecular weight is 1160 g/mol. The van der Waals surface area contributed by atoms with E-state index in [1.165, 1.54) is 63.9 Å². The van der Waals surface area contributed by atoms with Gasteiger partial charge in [-0.1, -0.05) is 140 Å². The summed E-state index contributed by atoms with van der Waals surface area (Å²) in [6.07, 6.45) is 12.1. The van der Waals surface area contributed by atoms with Crippen molar-refractivity contribution in [3.63, 3.8) is 0 Å². The number of hydrogen-bond acceptors (Lipinski definition) is 11. The maximum Gasteiger partial charge on any atom is 0.332 e. The standard InChI is InChI=1S/C61H84N8O11.C4H10/c1-12-40(4)54(64-56(74)50-26-19-29-69(50)38-70)59(77)66(9)36-52(72)62-48(30-39(2)3)58(76)68(11)55(61(6,7)79)60(78)80-37-53(73)65(8)35-51(71)63-49(33-42-20-14-13-15-21-42)57(75)67(10)41(5)31-43-22-18-25-45(32-43)47-28-27-44-23-16-17-24-46(44)34-47;1-3-4-2/h13-15,17-18,20-22,24-25,27-28,32,34,38-41,48-50,54-55,79H,12,16,19,23,26,29-31,33,35-37H2,1-11H3,(H,62,72)(H,63,71)(H,64,74);3-4H2,1-2H3. The first kappa shape index (κ1) is 69.1. The molecule has 7 unspecified atom stereocenters. The SMILES string of the molecule is CCC(C)C(NC(=O)C1CCCN1C=O)C(=O)N(C)CC(=O)NC(CC(C)C)C(=O)N(C)C(C(=O)OCC(=O)N(C)CC(=O)NC(Cc1ccccc1)C(=O)N(C)C(C)Cc1cccc(-c2ccc3c(c2)C=CCC3)c1)C(C)(C)O.CCCC. The number of aliphatic hydroxyl groups is 1. The molecule has 84 heavy (non-hydrogen) atoms. The molecule has 0 spiro atoms. The van der Waals surface area contributed by atoms with Gasteiger partial charge in [-0.2, -0.15) is 0 Å². The van der Waals surface area contributed by atoms with Crippen molar-refractivity contribution in [2.24, 2.45) is 11.8 Å². The molecule has 7 atom stereocenters. The Morgan fingerprint density at radius 1 is 0.738 bits per heavy atom. The number of carbonyl (C=O) groups excluding carboxylic acids is 9. The van der Waals surface area contributed by atoms with Crippen LogP contribution in [-0.4, -0.2) is 180 Å². The third-order valence-corrected chi connectivity index (χ3v) is 15.6. The van der Waals surface area contributed by atoms with E-state index in [9.17, 15) is 48.3 Å². The van der Waals surface area contributed by atoms with Crippen molar-refractivity contribution >= 4 is 59.8 Å². The van der Waals surface area contributed by atoms with Crippen molar-refractivity contribution in [3.05, 3.63) is 101 Å². The fourth-order valence-electron chi connectivity index (χ4n) is 10.2. The zero-order valence-corrected chi connectivity index (χ0v) is 51.9. The first-order valence-corrected chi connectivity index (χ1v) is 29.7. The fraction of sp³-hybridized carbons (Fsp3) is 0.554. The molecule has 3 aromatic rings. The van der Waals surface area contributed by atoms with Gasteiger partial charge >= 0.3 is 5.97 Å². The Hall–Kier alpha value is -7.41. The molecule has 1 aliphatic carbocycles. The molecule has 3 aromatic carbocycles. The van der Waals surface area contributed by atoms with Gasteiger partial charge in [0.15, 0.2) is 12.6 Å². The normalized spacial score (nSPS) is 15.8. The smallest absolute Gasteiger partial charge is 0.332 e. The van der Waals surface area contributed by atoms with Crippen molar-refractivity contribution in [2.45, 2.75) is 168 Å². The third kappa shape index (κ3) is 20.4. The molecule has 4 N–H and O–H groups in total. The summed E-state index contributed by atoms with van der Waals surface area (Å²) in [5.74, 6) is -5.86. The number of esters is 1. The van der Waals surface area contributed by atoms with E-state index in [-0.39, 0.29) is 36.6 Å². The minimum Gasteiger partial charge on any atom is -0.454 e. The third-order valence-electron chi connectivity index (χ3n) is 15.6. The molecule has 0 saturated carbocycles. The molecule has 19 nitrogen and oxygen atoms in total. The summed E-state index contributed by atoms with van der Waals surface area (Å²) in [4.78, 5) is 128. The maximum absolute atomic E-state index is 14.3. The molecule has 460 valence electrons. The van der Waals surface area contributed by atoms with Gasteiger partial charge in [-0.15, -0.1) is 0 Å². The second-order valence-electron chi connectivity index (χ2n) is 23.5. The van der Waals surface area contributed by atoms with Crippen LogP contribution in [0.2, 0.25) is 0 Å². The van der Waals surface area contributed by atoms with Crippen LogP contribution in [0.4, 0.5) is 0 Å². The summed E-state index contributed by atoms with van der Waals surface area (Å²) in [5.41, 5.74) is 4.66. The molecule has 8 amide bonds. The van der Waals surface area contributed by atoms with Crippen LogP contribution in [0.25, 0.3) is 17.2 Å². The topological polar surface area (TPSA) is 235 Å². The number of ether oxygens (including phenoxy) is 1. The number of nitrogens with zero attached hydrogens (tertiary/aromatic N) is 5. The number of unbranched alkanes of at least 4 members (excludes halogenated alkanes) is 1. The lowest BCUT2D eigenvalue weighted by Gasteiger charge is -2.37. The lowest BCUT2D eigenvalue weighted by atomic mass is 9.92. The Balaban J connectivity index is 0.00000366. The summed E-state index contributed by atoms with van der Waals surface area (Å²) in [6.45, 7) is 14.7. The van der Waals surface area contributed by atoms with E-state index in [4.69, 9.17) is 4.74 Å². The van der Waals surface area contributed by atoms with E-state index in [1.807, 2.05) is 70.2 Å². The number of carbonyl (C=O) groups is 9. The van der Waals surface area contributed by atoms with Gasteiger partial charge < -0.3 is 50.3 Å². The summed E-state index contributed by atoms with van der Waals surface area (Å²) >= 11 is 0. The molecule has 1 saturated heterocycles. The summed E-state index contributed by atoms with van der Waals surface area (Å²) in [5, 5.41) is 19.6. The lowest BCUT2D eigenvalue weighted by molar-refractivity contribution is -0.167. The zero-order valence-electron chi connectivity index (χ0n) is 51.9. The van der Waals surface area contributed by atoms with Gasteiger partial charge in [0.05, 0.1) is 18.7 Å². The van der Waals surface area contributed by atoms with Crippen molar-refractivity contribution in [2.75, 3.05) is 54.4 Å². The number of likely N-dealkylation sites (N-methyl/N-ethyl adjacent to an activating group) is 4. The number of aryl methyl sites for hydroxylation is 1. The molecule has 2 aliphatic rings. The molecule has 19 heteroatoms. The number of fused-ring (bicyclic) bond motifs is 1. The minimum atomic E-state index is -1.93. The fourth-order valence-corrected chi connectivity index (χ4v) is 10.2. The zero-order chi connectivity index (χ0) is 62.4. The largest absolute Gasteiger partial charge is 0.454 e. The van der Waals surface area contributed by atoms with Crippen LogP contribution in [0, 0.1) is 11.8 Å². The Morgan fingerprint density at radius 2 is 1.36 bits per heavy atom. The number of rotatable bonds is 28. The van der Waals surface area contributed by atoms with Crippen LogP contribution in [0.1, 0.15) is 130 Å². The quantitative estimate of drug-likeness (QED) is 0.0488. The molecular weight excluding hydrogens is 1070 g/mol. The average Bonchev–Trinajstić information content (AvgIpc) is 4.10. The van der Waals surface area contributed by atoms with Gasteiger partial charge in [-0.3, -0.25) is 38.4 Å². The van der Waals surface area contributed by atoms with Crippen LogP contribution in [0.15, 0.2) is 78.9 Å². The van der Waals surface area contributed by atoms with Crippen LogP contribution in [0.3, 0.4) is 0 Å². The van der Waals surface area contributed by atoms with E-state index in [1.54, 1.807) is 18.9 Å². The highest BCUT2D eigenvalue weighted by molar-refractivity contribution is 5.95. The highest BCUT2D eigenvalue weighted by Gasteiger charge is 2.43. The number of nitrogens with one attached hydrogen (secondary N) is 3. The number of amides is 8. The first-order valence-electron chi connectivity index (χ1n) is 29.7. The molecule has 1 heterocycles. The molecule has 0 aromatic heterocycles. The van der Waals surface area contributed by atoms with Gasteiger partial charge in [0.1, 0.15) is 24.2 Å². The van der Waals surface area contributed by atoms with E-state index in [2.05, 4.69) is 72.3 Å². The number of hydrogen-bond donors (Lipinski definition) is 4. The summed E-state index contributed by atoms with van der Waals surface area (Å²) in [6, 6.07) is 18.2. The minimum absolute atomic E-state index is 0.0992. The Kier molecular flexibility index (Phi) is 27.3. The molecular formula is C65H94N8O11. The van der Waals surface area contributed by atoms with Gasteiger partial charge in [-0.05, 0) is 111 Å². The van der Waals surface area contributed by atoms with Crippen molar-refractivity contribution in [1.29, 1.82) is 0 Å². The predicted octanol–water partition coefficient (Wildman–Crippen LogP) is 5.98. The van der Waals surface area contributed by atoms with E-state index >= 15 is 0 Å². The summed E-state index contributed by atoms with van der Waals surface area (Å²) < 4.78 is 5.41. The van der Waals surface area contributed by atoms with Gasteiger partial charge in [0, 0.05) is 47.2 Å². The summed E-state index contributed by atoms with van der Waals surface area (Å²) in [7, 11) is 5.69. The Labute approximate surface area is 498 Å². The van der Waals surface area contributed by atoms with Crippen molar-refractivity contribution in [1.82, 2.24) is 40.4 Å². The predicted molar refractivity (Wildman–Crippen MR) is 325 cm³/mol. The highest BCUT2D eigenvalue weighted by atomic mass is 16.5. The van der Waals surface area contributed by atoms with E-state index < -0.39 is 96.9 Å². The second kappa shape index (κ2) is 33.2. The van der Waals surface area contributed by atoms with Gasteiger partial charge in [-0.25, -0.2) is 4.79 Å². The number of allylic oxidation sites excluding steroid dienone is 1. The van der Waals surface area contributed by atoms with Crippen LogP contribution < -0.4 is 16.0 Å². The van der Waals surface area contributed by atoms with E-state index in [0.717, 1.165) is 49.8 Å². The van der Waals surface area contributed by atoms with Gasteiger partial charge in [0.25, 0.3) is 5.91 Å². The molecule has 1 aliphatic heterocycles. The van der Waals surface area contributed by atoms with Crippen LogP contribution in [-0.2, 0) is 67.2 Å². The number of likely N-dealkylation sites (tertiary alicyclic amines) is 1. The Morgan fingerprint density at radius 3 is 1.98 bits per heavy atom. The monoisotopic (exact) mass is 1160 g/mol.